The van der Waals surface area contributed by atoms with Crippen LogP contribution in [-0.4, -0.2) is 12.5 Å². The van der Waals surface area contributed by atoms with Crippen molar-refractivity contribution in [2.75, 3.05) is 6.61 Å². The van der Waals surface area contributed by atoms with Gasteiger partial charge in [-0.2, -0.15) is 0 Å². The summed E-state index contributed by atoms with van der Waals surface area (Å²) in [5, 5.41) is 2.69. The van der Waals surface area contributed by atoms with Crippen molar-refractivity contribution >= 4 is 33.4 Å². The average Bonchev–Trinajstić information content (AvgIpc) is 2.46. The highest BCUT2D eigenvalue weighted by atomic mass is 79.9. The third kappa shape index (κ3) is 5.02. The molecule has 0 atom stereocenters. The minimum Gasteiger partial charge on any atom is -0.484 e. The number of hydrogen-bond acceptors (Lipinski definition) is 2. The SMILES string of the molecule is O=C(COc1ccc(F)c(Cl)c1)NCc1cccc(Br)c1. The zero-order chi connectivity index (χ0) is 15.2. The molecule has 0 fully saturated rings. The van der Waals surface area contributed by atoms with Crippen LogP contribution < -0.4 is 10.1 Å². The van der Waals surface area contributed by atoms with E-state index in [0.717, 1.165) is 10.0 Å². The van der Waals surface area contributed by atoms with E-state index in [-0.39, 0.29) is 17.5 Å². The first kappa shape index (κ1) is 15.8. The summed E-state index contributed by atoms with van der Waals surface area (Å²) in [6.07, 6.45) is 0. The predicted molar refractivity (Wildman–Crippen MR) is 82.9 cm³/mol. The lowest BCUT2D eigenvalue weighted by atomic mass is 10.2. The first-order valence-corrected chi connectivity index (χ1v) is 7.30. The molecule has 1 amide bonds. The molecule has 110 valence electrons. The fourth-order valence-electron chi connectivity index (χ4n) is 1.61. The van der Waals surface area contributed by atoms with Crippen LogP contribution in [0.4, 0.5) is 4.39 Å². The molecule has 2 aromatic rings. The maximum absolute atomic E-state index is 13.0. The van der Waals surface area contributed by atoms with Crippen LogP contribution in [-0.2, 0) is 11.3 Å². The van der Waals surface area contributed by atoms with E-state index in [2.05, 4.69) is 21.2 Å². The molecule has 0 heterocycles. The molecule has 0 radical (unpaired) electrons. The van der Waals surface area contributed by atoms with E-state index in [0.29, 0.717) is 12.3 Å². The van der Waals surface area contributed by atoms with E-state index in [1.165, 1.54) is 18.2 Å². The summed E-state index contributed by atoms with van der Waals surface area (Å²) in [5.41, 5.74) is 0.975. The molecule has 1 N–H and O–H groups in total. The molecule has 0 bridgehead atoms. The van der Waals surface area contributed by atoms with Gasteiger partial charge in [0.05, 0.1) is 5.02 Å². The first-order valence-electron chi connectivity index (χ1n) is 6.13. The number of nitrogens with one attached hydrogen (secondary N) is 1. The van der Waals surface area contributed by atoms with Crippen molar-refractivity contribution in [3.8, 4) is 5.75 Å². The Labute approximate surface area is 135 Å². The zero-order valence-electron chi connectivity index (χ0n) is 10.9. The molecule has 0 aliphatic carbocycles. The van der Waals surface area contributed by atoms with Crippen LogP contribution in [0.2, 0.25) is 5.02 Å². The highest BCUT2D eigenvalue weighted by Crippen LogP contribution is 2.20. The lowest BCUT2D eigenvalue weighted by Gasteiger charge is -2.08. The van der Waals surface area contributed by atoms with Crippen molar-refractivity contribution in [3.05, 3.63) is 63.3 Å². The smallest absolute Gasteiger partial charge is 0.258 e. The van der Waals surface area contributed by atoms with Gasteiger partial charge in [-0.25, -0.2) is 4.39 Å². The molecule has 6 heteroatoms. The number of carbonyl (C=O) groups excluding carboxylic acids is 1. The molecular weight excluding hydrogens is 361 g/mol. The number of benzene rings is 2. The summed E-state index contributed by atoms with van der Waals surface area (Å²) in [4.78, 5) is 11.7. The minimum absolute atomic E-state index is 0.0398. The van der Waals surface area contributed by atoms with Crippen molar-refractivity contribution in [1.29, 1.82) is 0 Å². The molecule has 0 unspecified atom stereocenters. The molecule has 0 saturated carbocycles. The van der Waals surface area contributed by atoms with Crippen molar-refractivity contribution in [2.45, 2.75) is 6.54 Å². The van der Waals surface area contributed by atoms with Crippen LogP contribution in [0.1, 0.15) is 5.56 Å². The van der Waals surface area contributed by atoms with Gasteiger partial charge in [-0.15, -0.1) is 0 Å². The average molecular weight is 373 g/mol. The van der Waals surface area contributed by atoms with Gasteiger partial charge in [0, 0.05) is 17.1 Å². The molecule has 0 spiro atoms. The number of ether oxygens (including phenoxy) is 1. The normalized spacial score (nSPS) is 10.2. The fourth-order valence-corrected chi connectivity index (χ4v) is 2.23. The summed E-state index contributed by atoms with van der Waals surface area (Å²) in [6, 6.07) is 11.6. The standard InChI is InChI=1S/C15H12BrClFNO2/c16-11-3-1-2-10(6-11)8-19-15(20)9-21-12-4-5-14(18)13(17)7-12/h1-7H,8-9H2,(H,19,20). The zero-order valence-corrected chi connectivity index (χ0v) is 13.2. The Hall–Kier alpha value is -1.59. The van der Waals surface area contributed by atoms with Gasteiger partial charge in [0.15, 0.2) is 6.61 Å². The van der Waals surface area contributed by atoms with Crippen LogP contribution in [0.3, 0.4) is 0 Å². The van der Waals surface area contributed by atoms with Crippen LogP contribution in [0.15, 0.2) is 46.9 Å². The van der Waals surface area contributed by atoms with Crippen LogP contribution in [0.25, 0.3) is 0 Å². The molecule has 21 heavy (non-hydrogen) atoms. The largest absolute Gasteiger partial charge is 0.484 e. The minimum atomic E-state index is -0.525. The Morgan fingerprint density at radius 3 is 2.81 bits per heavy atom. The van der Waals surface area contributed by atoms with Gasteiger partial charge in [0.25, 0.3) is 5.91 Å². The second-order valence-corrected chi connectivity index (χ2v) is 5.59. The Morgan fingerprint density at radius 1 is 1.29 bits per heavy atom. The second-order valence-electron chi connectivity index (χ2n) is 4.27. The van der Waals surface area contributed by atoms with Gasteiger partial charge < -0.3 is 10.1 Å². The van der Waals surface area contributed by atoms with Crippen molar-refractivity contribution in [3.63, 3.8) is 0 Å². The van der Waals surface area contributed by atoms with Gasteiger partial charge in [-0.05, 0) is 29.8 Å². The Kier molecular flexibility index (Phi) is 5.59. The van der Waals surface area contributed by atoms with Crippen LogP contribution in [0.5, 0.6) is 5.75 Å². The molecule has 0 saturated heterocycles. The van der Waals surface area contributed by atoms with E-state index in [1.807, 2.05) is 24.3 Å². The van der Waals surface area contributed by atoms with E-state index >= 15 is 0 Å². The number of hydrogen-bond donors (Lipinski definition) is 1. The fraction of sp³-hybridized carbons (Fsp3) is 0.133. The Balaban J connectivity index is 1.80. The van der Waals surface area contributed by atoms with Crippen molar-refractivity contribution in [1.82, 2.24) is 5.32 Å². The van der Waals surface area contributed by atoms with Gasteiger partial charge in [0.1, 0.15) is 11.6 Å². The molecule has 0 aliphatic heterocycles. The molecule has 2 aromatic carbocycles. The number of carbonyl (C=O) groups is 1. The summed E-state index contributed by atoms with van der Waals surface area (Å²) in [7, 11) is 0. The van der Waals surface area contributed by atoms with Crippen LogP contribution in [0, 0.1) is 5.82 Å². The lowest BCUT2D eigenvalue weighted by molar-refractivity contribution is -0.123. The maximum Gasteiger partial charge on any atom is 0.258 e. The monoisotopic (exact) mass is 371 g/mol. The molecule has 3 nitrogen and oxygen atoms in total. The topological polar surface area (TPSA) is 38.3 Å². The van der Waals surface area contributed by atoms with E-state index in [4.69, 9.17) is 16.3 Å². The molecule has 0 aliphatic rings. The summed E-state index contributed by atoms with van der Waals surface area (Å²) in [5.74, 6) is -0.447. The highest BCUT2D eigenvalue weighted by Gasteiger charge is 2.05. The van der Waals surface area contributed by atoms with E-state index in [9.17, 15) is 9.18 Å². The van der Waals surface area contributed by atoms with Crippen LogP contribution >= 0.6 is 27.5 Å². The van der Waals surface area contributed by atoms with E-state index in [1.54, 1.807) is 0 Å². The Bertz CT molecular complexity index is 651. The van der Waals surface area contributed by atoms with Gasteiger partial charge >= 0.3 is 0 Å². The van der Waals surface area contributed by atoms with Crippen molar-refractivity contribution in [2.24, 2.45) is 0 Å². The quantitative estimate of drug-likeness (QED) is 0.863. The summed E-state index contributed by atoms with van der Waals surface area (Å²) < 4.78 is 19.2. The Morgan fingerprint density at radius 2 is 2.10 bits per heavy atom. The number of rotatable bonds is 5. The molecule has 0 aromatic heterocycles. The van der Waals surface area contributed by atoms with Gasteiger partial charge in [-0.3, -0.25) is 4.79 Å². The second kappa shape index (κ2) is 7.43. The summed E-state index contributed by atoms with van der Waals surface area (Å²) >= 11 is 8.99. The lowest BCUT2D eigenvalue weighted by Crippen LogP contribution is -2.28. The number of amides is 1. The van der Waals surface area contributed by atoms with Gasteiger partial charge in [0.2, 0.25) is 0 Å². The first-order chi connectivity index (χ1) is 10.0. The third-order valence-electron chi connectivity index (χ3n) is 2.64. The van der Waals surface area contributed by atoms with E-state index < -0.39 is 5.82 Å². The number of halogens is 3. The molecular formula is C15H12BrClFNO2. The molecule has 2 rings (SSSR count). The van der Waals surface area contributed by atoms with Gasteiger partial charge in [-0.1, -0.05) is 39.7 Å². The maximum atomic E-state index is 13.0. The van der Waals surface area contributed by atoms with Crippen molar-refractivity contribution < 1.29 is 13.9 Å². The summed E-state index contributed by atoms with van der Waals surface area (Å²) in [6.45, 7) is 0.252. The predicted octanol–water partition coefficient (Wildman–Crippen LogP) is 3.94. The highest BCUT2D eigenvalue weighted by molar-refractivity contribution is 9.10. The third-order valence-corrected chi connectivity index (χ3v) is 3.42.